The summed E-state index contributed by atoms with van der Waals surface area (Å²) in [7, 11) is -0.797. The van der Waals surface area contributed by atoms with Gasteiger partial charge in [-0.05, 0) is 26.7 Å². The van der Waals surface area contributed by atoms with E-state index < -0.39 is 7.80 Å². The van der Waals surface area contributed by atoms with Crippen molar-refractivity contribution >= 4 is 16.3 Å². The van der Waals surface area contributed by atoms with E-state index in [1.807, 2.05) is 13.8 Å². The predicted molar refractivity (Wildman–Crippen MR) is 49.3 cm³/mol. The van der Waals surface area contributed by atoms with Gasteiger partial charge >= 0.3 is 7.80 Å². The average molecular weight is 193 g/mol. The van der Waals surface area contributed by atoms with Crippen LogP contribution in [0.4, 0.5) is 0 Å². The summed E-state index contributed by atoms with van der Waals surface area (Å²) in [5.74, 6) is 0. The van der Waals surface area contributed by atoms with Crippen LogP contribution in [0.1, 0.15) is 26.7 Å². The molecule has 11 heavy (non-hydrogen) atoms. The zero-order valence-electron chi connectivity index (χ0n) is 7.12. The topological polar surface area (TPSA) is 34.1 Å². The van der Waals surface area contributed by atoms with Gasteiger partial charge in [-0.3, -0.25) is 4.57 Å². The van der Waals surface area contributed by atoms with Crippen molar-refractivity contribution < 1.29 is 9.13 Å². The monoisotopic (exact) mass is 193 g/mol. The zero-order chi connectivity index (χ0) is 8.69. The van der Waals surface area contributed by atoms with Crippen molar-refractivity contribution in [2.45, 2.75) is 32.3 Å². The fraction of sp³-hybridized carbons (Fsp3) is 1.00. The highest BCUT2D eigenvalue weighted by Crippen LogP contribution is 2.28. The summed E-state index contributed by atoms with van der Waals surface area (Å²) in [4.78, 5) is 0. The predicted octanol–water partition coefficient (Wildman–Crippen LogP) is 3.29. The largest absolute Gasteiger partial charge is 0.341 e. The maximum atomic E-state index is 11.2. The maximum absolute atomic E-state index is 11.2. The van der Waals surface area contributed by atoms with Gasteiger partial charge in [0.15, 0.2) is 8.46 Å². The highest BCUT2D eigenvalue weighted by molar-refractivity contribution is 7.45. The summed E-state index contributed by atoms with van der Waals surface area (Å²) in [5.41, 5.74) is 0.301. The molecule has 0 amide bonds. The molecule has 0 rings (SSSR count). The molecular formula is C7H15O2P2+. The first-order valence-corrected chi connectivity index (χ1v) is 6.42. The first kappa shape index (κ1) is 11.2. The molecular weight excluding hydrogens is 178 g/mol. The Balaban J connectivity index is 3.24. The van der Waals surface area contributed by atoms with Gasteiger partial charge < -0.3 is 0 Å². The third-order valence-electron chi connectivity index (χ3n) is 1.45. The molecule has 2 nitrogen and oxygen atoms in total. The molecule has 0 saturated heterocycles. The minimum Gasteiger partial charge on any atom is -0.275 e. The van der Waals surface area contributed by atoms with E-state index >= 15 is 0 Å². The van der Waals surface area contributed by atoms with Crippen LogP contribution >= 0.6 is 16.3 Å². The van der Waals surface area contributed by atoms with Crippen molar-refractivity contribution in [1.82, 2.24) is 0 Å². The number of unbranched alkanes of at least 4 members (excludes halogenated alkanes) is 1. The lowest BCUT2D eigenvalue weighted by atomic mass is 10.4. The van der Waals surface area contributed by atoms with Crippen LogP contribution in [0.25, 0.3) is 0 Å². The molecule has 0 aromatic heterocycles. The molecule has 0 heterocycles. The van der Waals surface area contributed by atoms with E-state index in [-0.39, 0.29) is 8.46 Å². The van der Waals surface area contributed by atoms with Crippen molar-refractivity contribution in [2.24, 2.45) is 0 Å². The summed E-state index contributed by atoms with van der Waals surface area (Å²) >= 11 is 0. The first-order chi connectivity index (χ1) is 5.18. The fourth-order valence-electron chi connectivity index (χ4n) is 0.702. The molecule has 0 saturated carbocycles. The summed E-state index contributed by atoms with van der Waals surface area (Å²) in [5, 5.41) is 0. The van der Waals surface area contributed by atoms with E-state index in [4.69, 9.17) is 0 Å². The highest BCUT2D eigenvalue weighted by atomic mass is 31.1. The summed E-state index contributed by atoms with van der Waals surface area (Å²) < 4.78 is 21.2. The zero-order valence-corrected chi connectivity index (χ0v) is 8.91. The Hall–Kier alpha value is 0.200. The lowest BCUT2D eigenvalue weighted by molar-refractivity contribution is 0.579. The molecule has 0 aromatic carbocycles. The lowest BCUT2D eigenvalue weighted by Gasteiger charge is -1.90. The maximum Gasteiger partial charge on any atom is 0.341 e. The van der Waals surface area contributed by atoms with E-state index in [1.165, 1.54) is 0 Å². The van der Waals surface area contributed by atoms with Crippen LogP contribution in [0, 0.1) is 0 Å². The van der Waals surface area contributed by atoms with Crippen molar-refractivity contribution in [2.75, 3.05) is 12.3 Å². The number of rotatable bonds is 6. The Morgan fingerprint density at radius 1 is 1.36 bits per heavy atom. The molecule has 4 heteroatoms. The first-order valence-electron chi connectivity index (χ1n) is 3.91. The Morgan fingerprint density at radius 2 is 2.00 bits per heavy atom. The molecule has 1 atom stereocenters. The highest BCUT2D eigenvalue weighted by Gasteiger charge is 2.18. The molecule has 0 bridgehead atoms. The Labute approximate surface area is 70.8 Å². The second-order valence-corrected chi connectivity index (χ2v) is 5.81. The van der Waals surface area contributed by atoms with Gasteiger partial charge in [0.1, 0.15) is 11.8 Å². The molecule has 0 spiro atoms. The third kappa shape index (κ3) is 6.59. The molecule has 0 fully saturated rings. The van der Waals surface area contributed by atoms with Gasteiger partial charge in [0, 0.05) is 6.16 Å². The molecule has 0 aliphatic rings. The Morgan fingerprint density at radius 3 is 2.45 bits per heavy atom. The van der Waals surface area contributed by atoms with E-state index in [1.54, 1.807) is 0 Å². The fourth-order valence-corrected chi connectivity index (χ4v) is 2.11. The number of hydrogen-bond acceptors (Lipinski definition) is 2. The minimum absolute atomic E-state index is 0.214. The Bertz CT molecular complexity index is 134. The van der Waals surface area contributed by atoms with Gasteiger partial charge in [0.05, 0.1) is 0 Å². The quantitative estimate of drug-likeness (QED) is 0.479. The summed E-state index contributed by atoms with van der Waals surface area (Å²) in [6.45, 7) is 3.95. The van der Waals surface area contributed by atoms with Crippen LogP contribution in [-0.4, -0.2) is 18.0 Å². The van der Waals surface area contributed by atoms with Gasteiger partial charge in [-0.1, -0.05) is 4.57 Å². The average Bonchev–Trinajstić information content (AvgIpc) is 1.97. The van der Waals surface area contributed by atoms with Crippen LogP contribution in [0.3, 0.4) is 0 Å². The smallest absolute Gasteiger partial charge is 0.275 e. The van der Waals surface area contributed by atoms with E-state index in [9.17, 15) is 9.13 Å². The standard InChI is InChI=1S/C7H15O2P2/c1-7(2)11(9)6-4-3-5-10-8/h7H,3-6H2,1-2H3/q+1. The van der Waals surface area contributed by atoms with E-state index in [0.717, 1.165) is 19.0 Å². The van der Waals surface area contributed by atoms with Gasteiger partial charge in [-0.25, -0.2) is 0 Å². The molecule has 0 N–H and O–H groups in total. The lowest BCUT2D eigenvalue weighted by Crippen LogP contribution is -1.90. The van der Waals surface area contributed by atoms with Crippen molar-refractivity contribution in [3.8, 4) is 0 Å². The van der Waals surface area contributed by atoms with Crippen molar-refractivity contribution in [3.05, 3.63) is 0 Å². The molecule has 0 radical (unpaired) electrons. The normalized spacial score (nSPS) is 12.5. The third-order valence-corrected chi connectivity index (χ3v) is 3.86. The molecule has 0 aliphatic heterocycles. The van der Waals surface area contributed by atoms with Crippen LogP contribution in [-0.2, 0) is 9.13 Å². The van der Waals surface area contributed by atoms with Gasteiger partial charge in [-0.15, -0.1) is 0 Å². The van der Waals surface area contributed by atoms with Crippen LogP contribution in [0.15, 0.2) is 0 Å². The molecule has 64 valence electrons. The van der Waals surface area contributed by atoms with Crippen LogP contribution in [0.5, 0.6) is 0 Å². The molecule has 1 unspecified atom stereocenters. The number of hydrogen-bond donors (Lipinski definition) is 0. The minimum atomic E-state index is -1.01. The van der Waals surface area contributed by atoms with Gasteiger partial charge in [0.25, 0.3) is 0 Å². The van der Waals surface area contributed by atoms with Crippen LogP contribution in [0.2, 0.25) is 0 Å². The van der Waals surface area contributed by atoms with Gasteiger partial charge in [0.2, 0.25) is 0 Å². The SMILES string of the molecule is CC(C)[P+](=O)CCCCP=O. The summed E-state index contributed by atoms with van der Waals surface area (Å²) in [6, 6.07) is 0. The second kappa shape index (κ2) is 6.88. The molecule has 0 aliphatic carbocycles. The van der Waals surface area contributed by atoms with Crippen molar-refractivity contribution in [3.63, 3.8) is 0 Å². The van der Waals surface area contributed by atoms with E-state index in [2.05, 4.69) is 0 Å². The molecule has 0 aromatic rings. The van der Waals surface area contributed by atoms with Crippen LogP contribution < -0.4 is 0 Å². The van der Waals surface area contributed by atoms with Crippen molar-refractivity contribution in [1.29, 1.82) is 0 Å². The Kier molecular flexibility index (Phi) is 7.01. The van der Waals surface area contributed by atoms with E-state index in [0.29, 0.717) is 11.8 Å². The van der Waals surface area contributed by atoms with Gasteiger partial charge in [-0.2, -0.15) is 0 Å². The second-order valence-electron chi connectivity index (χ2n) is 2.79. The summed E-state index contributed by atoms with van der Waals surface area (Å²) in [6.07, 6.45) is 3.38.